The summed E-state index contributed by atoms with van der Waals surface area (Å²) in [5, 5.41) is 5.90. The maximum Gasteiger partial charge on any atom is 0.255 e. The standard InChI is InChI=1S/C30H36N2O2/c1-20(2)18-22-10-12-23(13-11-22)21(3)28(33)31-26-8-7-9-27(19-26)32-29(34)24-14-16-25(17-15-24)30(4,5)6/h7-17,19-21H,18H2,1-6H3,(H,31,33)(H,32,34). The van der Waals surface area contributed by atoms with E-state index in [4.69, 9.17) is 0 Å². The number of benzene rings is 3. The molecule has 0 bridgehead atoms. The highest BCUT2D eigenvalue weighted by Crippen LogP contribution is 2.24. The predicted octanol–water partition coefficient (Wildman–Crippen LogP) is 7.18. The summed E-state index contributed by atoms with van der Waals surface area (Å²) in [6, 6.07) is 23.2. The quantitative estimate of drug-likeness (QED) is 0.396. The van der Waals surface area contributed by atoms with Crippen molar-refractivity contribution in [2.24, 2.45) is 5.92 Å². The molecule has 0 aliphatic carbocycles. The summed E-state index contributed by atoms with van der Waals surface area (Å²) in [5.41, 5.74) is 5.35. The van der Waals surface area contributed by atoms with E-state index in [1.807, 2.05) is 61.5 Å². The third-order valence-corrected chi connectivity index (χ3v) is 5.92. The molecule has 34 heavy (non-hydrogen) atoms. The number of nitrogens with one attached hydrogen (secondary N) is 2. The molecular weight excluding hydrogens is 420 g/mol. The first-order valence-corrected chi connectivity index (χ1v) is 11.9. The van der Waals surface area contributed by atoms with Crippen molar-refractivity contribution in [3.8, 4) is 0 Å². The summed E-state index contributed by atoms with van der Waals surface area (Å²) in [7, 11) is 0. The van der Waals surface area contributed by atoms with Crippen LogP contribution in [0.2, 0.25) is 0 Å². The number of rotatable bonds is 7. The fourth-order valence-corrected chi connectivity index (χ4v) is 3.82. The van der Waals surface area contributed by atoms with Crippen molar-refractivity contribution in [1.29, 1.82) is 0 Å². The van der Waals surface area contributed by atoms with Gasteiger partial charge in [-0.05, 0) is 71.7 Å². The fraction of sp³-hybridized carbons (Fsp3) is 0.333. The lowest BCUT2D eigenvalue weighted by Gasteiger charge is -2.19. The van der Waals surface area contributed by atoms with Crippen LogP contribution in [0.25, 0.3) is 0 Å². The van der Waals surface area contributed by atoms with E-state index < -0.39 is 0 Å². The van der Waals surface area contributed by atoms with E-state index in [0.29, 0.717) is 22.9 Å². The monoisotopic (exact) mass is 456 g/mol. The van der Waals surface area contributed by atoms with Crippen LogP contribution in [-0.2, 0) is 16.6 Å². The maximum absolute atomic E-state index is 12.8. The summed E-state index contributed by atoms with van der Waals surface area (Å²) >= 11 is 0. The molecule has 0 heterocycles. The molecule has 3 aromatic rings. The van der Waals surface area contributed by atoms with Crippen LogP contribution in [0.3, 0.4) is 0 Å². The Balaban J connectivity index is 1.63. The number of carbonyl (C=O) groups excluding carboxylic acids is 2. The summed E-state index contributed by atoms with van der Waals surface area (Å²) in [5.74, 6) is 0.0477. The number of hydrogen-bond acceptors (Lipinski definition) is 2. The molecule has 0 saturated heterocycles. The van der Waals surface area contributed by atoms with Crippen LogP contribution >= 0.6 is 0 Å². The summed E-state index contributed by atoms with van der Waals surface area (Å²) in [4.78, 5) is 25.5. The summed E-state index contributed by atoms with van der Waals surface area (Å²) in [6.45, 7) is 12.7. The molecular formula is C30H36N2O2. The van der Waals surface area contributed by atoms with Crippen molar-refractivity contribution in [2.45, 2.75) is 59.3 Å². The van der Waals surface area contributed by atoms with Crippen molar-refractivity contribution in [3.63, 3.8) is 0 Å². The Labute approximate surface area is 203 Å². The molecule has 0 aromatic heterocycles. The fourth-order valence-electron chi connectivity index (χ4n) is 3.82. The van der Waals surface area contributed by atoms with E-state index >= 15 is 0 Å². The number of anilines is 2. The normalized spacial score (nSPS) is 12.3. The molecule has 3 rings (SSSR count). The topological polar surface area (TPSA) is 58.2 Å². The number of amides is 2. The molecule has 0 aliphatic rings. The van der Waals surface area contributed by atoms with Crippen LogP contribution in [0.15, 0.2) is 72.8 Å². The maximum atomic E-state index is 12.8. The molecule has 0 aliphatic heterocycles. The van der Waals surface area contributed by atoms with Gasteiger partial charge in [0.15, 0.2) is 0 Å². The first-order valence-electron chi connectivity index (χ1n) is 11.9. The Hall–Kier alpha value is -3.40. The van der Waals surface area contributed by atoms with E-state index in [0.717, 1.165) is 12.0 Å². The molecule has 1 unspecified atom stereocenters. The minimum Gasteiger partial charge on any atom is -0.325 e. The molecule has 2 N–H and O–H groups in total. The van der Waals surface area contributed by atoms with Crippen molar-refractivity contribution in [2.75, 3.05) is 10.6 Å². The molecule has 2 amide bonds. The molecule has 4 heteroatoms. The van der Waals surface area contributed by atoms with Gasteiger partial charge in [0.25, 0.3) is 5.91 Å². The zero-order valence-electron chi connectivity index (χ0n) is 21.1. The average Bonchev–Trinajstić information content (AvgIpc) is 2.78. The lowest BCUT2D eigenvalue weighted by atomic mass is 9.87. The Morgan fingerprint density at radius 3 is 1.94 bits per heavy atom. The van der Waals surface area contributed by atoms with Crippen molar-refractivity contribution in [1.82, 2.24) is 0 Å². The summed E-state index contributed by atoms with van der Waals surface area (Å²) in [6.07, 6.45) is 1.03. The van der Waals surface area contributed by atoms with Gasteiger partial charge in [0.2, 0.25) is 5.91 Å². The van der Waals surface area contributed by atoms with Gasteiger partial charge >= 0.3 is 0 Å². The average molecular weight is 457 g/mol. The van der Waals surface area contributed by atoms with Gasteiger partial charge < -0.3 is 10.6 Å². The summed E-state index contributed by atoms with van der Waals surface area (Å²) < 4.78 is 0. The minimum absolute atomic E-state index is 0.0365. The molecule has 1 atom stereocenters. The molecule has 0 radical (unpaired) electrons. The number of carbonyl (C=O) groups is 2. The van der Waals surface area contributed by atoms with E-state index in [1.165, 1.54) is 11.1 Å². The van der Waals surface area contributed by atoms with Gasteiger partial charge in [-0.1, -0.05) is 77.1 Å². The lowest BCUT2D eigenvalue weighted by molar-refractivity contribution is -0.117. The van der Waals surface area contributed by atoms with Crippen LogP contribution in [0.5, 0.6) is 0 Å². The van der Waals surface area contributed by atoms with Crippen LogP contribution in [-0.4, -0.2) is 11.8 Å². The lowest BCUT2D eigenvalue weighted by Crippen LogP contribution is -2.19. The first kappa shape index (κ1) is 25.2. The highest BCUT2D eigenvalue weighted by Gasteiger charge is 2.17. The van der Waals surface area contributed by atoms with E-state index in [9.17, 15) is 9.59 Å². The third kappa shape index (κ3) is 6.80. The van der Waals surface area contributed by atoms with E-state index in [-0.39, 0.29) is 23.1 Å². The van der Waals surface area contributed by atoms with Crippen LogP contribution in [0.4, 0.5) is 11.4 Å². The Morgan fingerprint density at radius 1 is 0.794 bits per heavy atom. The third-order valence-electron chi connectivity index (χ3n) is 5.92. The smallest absolute Gasteiger partial charge is 0.255 e. The molecule has 0 fully saturated rings. The molecule has 4 nitrogen and oxygen atoms in total. The SMILES string of the molecule is CC(C)Cc1ccc(C(C)C(=O)Nc2cccc(NC(=O)c3ccc(C(C)(C)C)cc3)c2)cc1. The van der Waals surface area contributed by atoms with Gasteiger partial charge in [-0.15, -0.1) is 0 Å². The second-order valence-electron chi connectivity index (χ2n) is 10.4. The van der Waals surface area contributed by atoms with Gasteiger partial charge in [0, 0.05) is 16.9 Å². The van der Waals surface area contributed by atoms with Crippen LogP contribution < -0.4 is 10.6 Å². The van der Waals surface area contributed by atoms with E-state index in [2.05, 4.69) is 57.4 Å². The van der Waals surface area contributed by atoms with Crippen LogP contribution in [0, 0.1) is 5.92 Å². The van der Waals surface area contributed by atoms with Crippen molar-refractivity contribution >= 4 is 23.2 Å². The van der Waals surface area contributed by atoms with Crippen molar-refractivity contribution in [3.05, 3.63) is 95.1 Å². The highest BCUT2D eigenvalue weighted by molar-refractivity contribution is 6.05. The zero-order chi connectivity index (χ0) is 24.9. The van der Waals surface area contributed by atoms with Gasteiger partial charge in [-0.2, -0.15) is 0 Å². The minimum atomic E-state index is -0.285. The Morgan fingerprint density at radius 2 is 1.38 bits per heavy atom. The van der Waals surface area contributed by atoms with Gasteiger partial charge in [-0.3, -0.25) is 9.59 Å². The number of hydrogen-bond donors (Lipinski definition) is 2. The largest absolute Gasteiger partial charge is 0.325 e. The molecule has 3 aromatic carbocycles. The molecule has 0 saturated carbocycles. The van der Waals surface area contributed by atoms with Crippen LogP contribution in [0.1, 0.15) is 74.5 Å². The van der Waals surface area contributed by atoms with Gasteiger partial charge in [0.05, 0.1) is 5.92 Å². The zero-order valence-corrected chi connectivity index (χ0v) is 21.1. The molecule has 178 valence electrons. The first-order chi connectivity index (χ1) is 16.0. The van der Waals surface area contributed by atoms with Crippen molar-refractivity contribution < 1.29 is 9.59 Å². The highest BCUT2D eigenvalue weighted by atomic mass is 16.2. The Bertz CT molecular complexity index is 1120. The Kier molecular flexibility index (Phi) is 7.93. The second kappa shape index (κ2) is 10.7. The molecule has 0 spiro atoms. The van der Waals surface area contributed by atoms with E-state index in [1.54, 1.807) is 6.07 Å². The van der Waals surface area contributed by atoms with Gasteiger partial charge in [-0.25, -0.2) is 0 Å². The second-order valence-corrected chi connectivity index (χ2v) is 10.4. The predicted molar refractivity (Wildman–Crippen MR) is 142 cm³/mol. The van der Waals surface area contributed by atoms with Gasteiger partial charge in [0.1, 0.15) is 0 Å².